The van der Waals surface area contributed by atoms with Gasteiger partial charge in [0.05, 0.1) is 12.2 Å². The molecule has 156 valence electrons. The maximum Gasteiger partial charge on any atom is 0.258 e. The van der Waals surface area contributed by atoms with Crippen molar-refractivity contribution in [1.82, 2.24) is 0 Å². The molecule has 1 aliphatic carbocycles. The topological polar surface area (TPSA) is 67.4 Å². The number of anilines is 2. The molecule has 1 aliphatic rings. The number of amides is 2. The number of carbonyl (C=O) groups excluding carboxylic acids is 2. The summed E-state index contributed by atoms with van der Waals surface area (Å²) in [6, 6.07) is 7.34. The number of hydrogen-bond acceptors (Lipinski definition) is 4. The molecule has 0 radical (unpaired) electrons. The van der Waals surface area contributed by atoms with Crippen LogP contribution in [0.15, 0.2) is 24.3 Å². The molecule has 0 bridgehead atoms. The smallest absolute Gasteiger partial charge is 0.258 e. The number of fused-ring (bicyclic) bond motifs is 1. The van der Waals surface area contributed by atoms with Crippen molar-refractivity contribution < 1.29 is 14.3 Å². The standard InChI is InChI=1S/C23H30N2O3S/c1-6-28-16-10-8-15(9-11-16)24-20(26)19-17-12-7-14(2)13-18(17)29-21(19)25-22(27)23(3,4)5/h8-11,14H,6-7,12-13H2,1-5H3,(H,24,26)(H,25,27)/t14-/m0/s1. The van der Waals surface area contributed by atoms with Crippen molar-refractivity contribution in [3.05, 3.63) is 40.3 Å². The second-order valence-corrected chi connectivity index (χ2v) is 9.78. The number of rotatable bonds is 5. The van der Waals surface area contributed by atoms with E-state index in [1.54, 1.807) is 11.3 Å². The molecule has 1 atom stereocenters. The molecule has 0 fully saturated rings. The van der Waals surface area contributed by atoms with Crippen LogP contribution in [-0.4, -0.2) is 18.4 Å². The van der Waals surface area contributed by atoms with Gasteiger partial charge in [-0.15, -0.1) is 11.3 Å². The first kappa shape index (κ1) is 21.4. The fourth-order valence-corrected chi connectivity index (χ4v) is 4.77. The third-order valence-corrected chi connectivity index (χ3v) is 6.24. The van der Waals surface area contributed by atoms with Gasteiger partial charge in [0.2, 0.25) is 5.91 Å². The Hall–Kier alpha value is -2.34. The van der Waals surface area contributed by atoms with Crippen molar-refractivity contribution in [3.63, 3.8) is 0 Å². The van der Waals surface area contributed by atoms with Crippen molar-refractivity contribution in [2.45, 2.75) is 53.9 Å². The van der Waals surface area contributed by atoms with Crippen molar-refractivity contribution >= 4 is 33.8 Å². The van der Waals surface area contributed by atoms with E-state index in [4.69, 9.17) is 4.74 Å². The molecule has 6 heteroatoms. The van der Waals surface area contributed by atoms with Gasteiger partial charge in [0.15, 0.2) is 0 Å². The lowest BCUT2D eigenvalue weighted by Crippen LogP contribution is -2.28. The second kappa shape index (κ2) is 8.57. The summed E-state index contributed by atoms with van der Waals surface area (Å²) in [7, 11) is 0. The van der Waals surface area contributed by atoms with E-state index >= 15 is 0 Å². The fraction of sp³-hybridized carbons (Fsp3) is 0.478. The van der Waals surface area contributed by atoms with Gasteiger partial charge in [-0.25, -0.2) is 0 Å². The lowest BCUT2D eigenvalue weighted by atomic mass is 9.88. The minimum Gasteiger partial charge on any atom is -0.494 e. The highest BCUT2D eigenvalue weighted by Gasteiger charge is 2.30. The largest absolute Gasteiger partial charge is 0.494 e. The van der Waals surface area contributed by atoms with Gasteiger partial charge in [0.1, 0.15) is 10.8 Å². The fourth-order valence-electron chi connectivity index (χ4n) is 3.36. The van der Waals surface area contributed by atoms with E-state index in [-0.39, 0.29) is 11.8 Å². The van der Waals surface area contributed by atoms with Gasteiger partial charge in [0, 0.05) is 16.0 Å². The number of carbonyl (C=O) groups is 2. The first-order chi connectivity index (χ1) is 13.7. The van der Waals surface area contributed by atoms with Crippen LogP contribution in [0.5, 0.6) is 5.75 Å². The zero-order valence-corrected chi connectivity index (χ0v) is 18.7. The van der Waals surface area contributed by atoms with E-state index in [0.29, 0.717) is 28.8 Å². The third kappa shape index (κ3) is 4.99. The van der Waals surface area contributed by atoms with Crippen molar-refractivity contribution in [1.29, 1.82) is 0 Å². The van der Waals surface area contributed by atoms with E-state index in [1.165, 1.54) is 4.88 Å². The van der Waals surface area contributed by atoms with Crippen LogP contribution in [0.1, 0.15) is 61.8 Å². The van der Waals surface area contributed by atoms with Crippen LogP contribution in [0.2, 0.25) is 0 Å². The number of hydrogen-bond donors (Lipinski definition) is 2. The first-order valence-corrected chi connectivity index (χ1v) is 11.0. The summed E-state index contributed by atoms with van der Waals surface area (Å²) in [5, 5.41) is 6.66. The van der Waals surface area contributed by atoms with Crippen molar-refractivity contribution in [3.8, 4) is 5.75 Å². The second-order valence-electron chi connectivity index (χ2n) is 8.67. The Bertz CT molecular complexity index is 894. The molecular formula is C23H30N2O3S. The Balaban J connectivity index is 1.89. The molecule has 0 aliphatic heterocycles. The zero-order chi connectivity index (χ0) is 21.2. The Morgan fingerprint density at radius 3 is 2.48 bits per heavy atom. The molecule has 29 heavy (non-hydrogen) atoms. The van der Waals surface area contributed by atoms with Crippen LogP contribution in [0, 0.1) is 11.3 Å². The van der Waals surface area contributed by atoms with Crippen LogP contribution < -0.4 is 15.4 Å². The van der Waals surface area contributed by atoms with Gasteiger partial charge in [0.25, 0.3) is 5.91 Å². The molecule has 0 saturated heterocycles. The van der Waals surface area contributed by atoms with Gasteiger partial charge >= 0.3 is 0 Å². The molecule has 1 aromatic carbocycles. The summed E-state index contributed by atoms with van der Waals surface area (Å²) in [6.07, 6.45) is 2.87. The van der Waals surface area contributed by atoms with Crippen molar-refractivity contribution in [2.24, 2.45) is 11.3 Å². The normalized spacial score (nSPS) is 16.1. The Morgan fingerprint density at radius 2 is 1.86 bits per heavy atom. The van der Waals surface area contributed by atoms with E-state index < -0.39 is 5.41 Å². The lowest BCUT2D eigenvalue weighted by molar-refractivity contribution is -0.123. The van der Waals surface area contributed by atoms with Crippen LogP contribution in [0.4, 0.5) is 10.7 Å². The predicted octanol–water partition coefficient (Wildman–Crippen LogP) is 5.51. The summed E-state index contributed by atoms with van der Waals surface area (Å²) in [6.45, 7) is 10.4. The number of thiophene rings is 1. The molecule has 0 unspecified atom stereocenters. The van der Waals surface area contributed by atoms with E-state index in [2.05, 4.69) is 17.6 Å². The summed E-state index contributed by atoms with van der Waals surface area (Å²) in [5.74, 6) is 1.10. The quantitative estimate of drug-likeness (QED) is 0.678. The minimum absolute atomic E-state index is 0.0840. The highest BCUT2D eigenvalue weighted by molar-refractivity contribution is 7.17. The molecule has 1 aromatic heterocycles. The minimum atomic E-state index is -0.527. The van der Waals surface area contributed by atoms with Gasteiger partial charge in [-0.3, -0.25) is 9.59 Å². The van der Waals surface area contributed by atoms with Gasteiger partial charge < -0.3 is 15.4 Å². The summed E-state index contributed by atoms with van der Waals surface area (Å²) in [5.41, 5.74) is 1.88. The molecule has 2 N–H and O–H groups in total. The van der Waals surface area contributed by atoms with Gasteiger partial charge in [-0.05, 0) is 61.9 Å². The summed E-state index contributed by atoms with van der Waals surface area (Å²) >= 11 is 1.55. The summed E-state index contributed by atoms with van der Waals surface area (Å²) < 4.78 is 5.46. The maximum atomic E-state index is 13.2. The summed E-state index contributed by atoms with van der Waals surface area (Å²) in [4.78, 5) is 27.0. The Labute approximate surface area is 176 Å². The van der Waals surface area contributed by atoms with E-state index in [9.17, 15) is 9.59 Å². The van der Waals surface area contributed by atoms with Crippen LogP contribution in [-0.2, 0) is 17.6 Å². The highest BCUT2D eigenvalue weighted by atomic mass is 32.1. The highest BCUT2D eigenvalue weighted by Crippen LogP contribution is 2.40. The molecule has 5 nitrogen and oxygen atoms in total. The average Bonchev–Trinajstić information content (AvgIpc) is 2.99. The molecule has 1 heterocycles. The van der Waals surface area contributed by atoms with E-state index in [1.807, 2.05) is 52.0 Å². The molecule has 0 saturated carbocycles. The molecule has 2 aromatic rings. The van der Waals surface area contributed by atoms with Gasteiger partial charge in [-0.2, -0.15) is 0 Å². The van der Waals surface area contributed by atoms with Crippen LogP contribution in [0.25, 0.3) is 0 Å². The first-order valence-electron chi connectivity index (χ1n) is 10.2. The number of benzene rings is 1. The van der Waals surface area contributed by atoms with E-state index in [0.717, 1.165) is 30.6 Å². The van der Waals surface area contributed by atoms with Gasteiger partial charge in [-0.1, -0.05) is 27.7 Å². The molecular weight excluding hydrogens is 384 g/mol. The molecule has 3 rings (SSSR count). The van der Waals surface area contributed by atoms with Crippen LogP contribution >= 0.6 is 11.3 Å². The SMILES string of the molecule is CCOc1ccc(NC(=O)c2c(NC(=O)C(C)(C)C)sc3c2CC[C@H](C)C3)cc1. The molecule has 2 amide bonds. The Kier molecular flexibility index (Phi) is 6.32. The van der Waals surface area contributed by atoms with Crippen molar-refractivity contribution in [2.75, 3.05) is 17.2 Å². The number of nitrogens with one attached hydrogen (secondary N) is 2. The maximum absolute atomic E-state index is 13.2. The average molecular weight is 415 g/mol. The third-order valence-electron chi connectivity index (χ3n) is 5.07. The zero-order valence-electron chi connectivity index (χ0n) is 17.8. The van der Waals surface area contributed by atoms with Crippen LogP contribution in [0.3, 0.4) is 0 Å². The predicted molar refractivity (Wildman–Crippen MR) is 119 cm³/mol. The molecule has 0 spiro atoms. The monoisotopic (exact) mass is 414 g/mol. The lowest BCUT2D eigenvalue weighted by Gasteiger charge is -2.19. The number of ether oxygens (including phenoxy) is 1. The Morgan fingerprint density at radius 1 is 1.17 bits per heavy atom.